The van der Waals surface area contributed by atoms with Crippen LogP contribution in [0.1, 0.15) is 35.8 Å². The van der Waals surface area contributed by atoms with E-state index in [1.54, 1.807) is 10.9 Å². The Morgan fingerprint density at radius 2 is 1.88 bits per heavy atom. The second-order valence-corrected chi connectivity index (χ2v) is 4.48. The molecule has 1 aromatic carbocycles. The molecule has 0 fully saturated rings. The van der Waals surface area contributed by atoms with Crippen molar-refractivity contribution in [3.63, 3.8) is 0 Å². The van der Waals surface area contributed by atoms with E-state index in [-0.39, 0.29) is 0 Å². The monoisotopic (exact) mass is 228 g/mol. The fourth-order valence-corrected chi connectivity index (χ4v) is 1.83. The van der Waals surface area contributed by atoms with Crippen LogP contribution in [0.2, 0.25) is 0 Å². The summed E-state index contributed by atoms with van der Waals surface area (Å²) >= 11 is 0. The summed E-state index contributed by atoms with van der Waals surface area (Å²) in [5, 5.41) is 0. The molecule has 2 aromatic rings. The lowest BCUT2D eigenvalue weighted by molar-refractivity contribution is 0.111. The summed E-state index contributed by atoms with van der Waals surface area (Å²) in [5.74, 6) is 0.512. The second-order valence-electron chi connectivity index (χ2n) is 4.48. The van der Waals surface area contributed by atoms with E-state index >= 15 is 0 Å². The Bertz CT molecular complexity index is 524. The minimum Gasteiger partial charge on any atom is -0.331 e. The SMILES string of the molecule is CC(C)c1ccc(-c2ncn(C)c2C=O)cc1. The van der Waals surface area contributed by atoms with E-state index in [2.05, 4.69) is 31.0 Å². The quantitative estimate of drug-likeness (QED) is 0.757. The molecule has 0 N–H and O–H groups in total. The highest BCUT2D eigenvalue weighted by Crippen LogP contribution is 2.23. The van der Waals surface area contributed by atoms with Crippen LogP contribution in [0.5, 0.6) is 0 Å². The summed E-state index contributed by atoms with van der Waals surface area (Å²) in [6.07, 6.45) is 2.51. The summed E-state index contributed by atoms with van der Waals surface area (Å²) in [6.45, 7) is 4.32. The fraction of sp³-hybridized carbons (Fsp3) is 0.286. The zero-order valence-electron chi connectivity index (χ0n) is 10.3. The molecule has 1 aromatic heterocycles. The molecule has 0 radical (unpaired) electrons. The molecule has 0 spiro atoms. The van der Waals surface area contributed by atoms with E-state index in [0.717, 1.165) is 17.5 Å². The van der Waals surface area contributed by atoms with Crippen molar-refractivity contribution < 1.29 is 4.79 Å². The number of nitrogens with zero attached hydrogens (tertiary/aromatic N) is 2. The molecule has 3 heteroatoms. The van der Waals surface area contributed by atoms with Gasteiger partial charge >= 0.3 is 0 Å². The molecule has 1 heterocycles. The van der Waals surface area contributed by atoms with Crippen molar-refractivity contribution in [2.24, 2.45) is 7.05 Å². The Morgan fingerprint density at radius 1 is 1.24 bits per heavy atom. The summed E-state index contributed by atoms with van der Waals surface area (Å²) in [5.41, 5.74) is 3.63. The molecule has 0 aliphatic carbocycles. The van der Waals surface area contributed by atoms with Crippen molar-refractivity contribution in [3.8, 4) is 11.3 Å². The van der Waals surface area contributed by atoms with Gasteiger partial charge in [0.1, 0.15) is 5.69 Å². The first-order valence-electron chi connectivity index (χ1n) is 5.70. The number of carbonyl (C=O) groups excluding carboxylic acids is 1. The van der Waals surface area contributed by atoms with Crippen LogP contribution in [-0.4, -0.2) is 15.8 Å². The van der Waals surface area contributed by atoms with E-state index in [0.29, 0.717) is 11.6 Å². The van der Waals surface area contributed by atoms with Crippen LogP contribution < -0.4 is 0 Å². The predicted molar refractivity (Wildman–Crippen MR) is 68.1 cm³/mol. The maximum atomic E-state index is 11.0. The summed E-state index contributed by atoms with van der Waals surface area (Å²) in [7, 11) is 1.82. The Hall–Kier alpha value is -1.90. The number of carbonyl (C=O) groups is 1. The molecule has 0 saturated carbocycles. The van der Waals surface area contributed by atoms with Crippen molar-refractivity contribution in [2.75, 3.05) is 0 Å². The lowest BCUT2D eigenvalue weighted by atomic mass is 10.0. The molecule has 17 heavy (non-hydrogen) atoms. The Labute approximate surface area is 101 Å². The van der Waals surface area contributed by atoms with Gasteiger partial charge in [-0.05, 0) is 11.5 Å². The number of aldehydes is 1. The summed E-state index contributed by atoms with van der Waals surface area (Å²) in [4.78, 5) is 15.3. The van der Waals surface area contributed by atoms with Crippen molar-refractivity contribution in [3.05, 3.63) is 41.9 Å². The first-order chi connectivity index (χ1) is 8.13. The molecule has 0 saturated heterocycles. The molecule has 0 bridgehead atoms. The van der Waals surface area contributed by atoms with Crippen LogP contribution in [0.25, 0.3) is 11.3 Å². The number of imidazole rings is 1. The molecule has 0 unspecified atom stereocenters. The van der Waals surface area contributed by atoms with Crippen molar-refractivity contribution >= 4 is 6.29 Å². The number of hydrogen-bond acceptors (Lipinski definition) is 2. The van der Waals surface area contributed by atoms with Gasteiger partial charge in [-0.2, -0.15) is 0 Å². The molecule has 0 atom stereocenters. The number of aryl methyl sites for hydroxylation is 1. The molecule has 3 nitrogen and oxygen atoms in total. The standard InChI is InChI=1S/C14H16N2O/c1-10(2)11-4-6-12(7-5-11)14-13(8-17)16(3)9-15-14/h4-10H,1-3H3. The topological polar surface area (TPSA) is 34.9 Å². The molecule has 88 valence electrons. The highest BCUT2D eigenvalue weighted by atomic mass is 16.1. The first kappa shape index (κ1) is 11.6. The third-order valence-electron chi connectivity index (χ3n) is 2.95. The normalized spacial score (nSPS) is 10.8. The highest BCUT2D eigenvalue weighted by molar-refractivity contribution is 5.83. The van der Waals surface area contributed by atoms with Crippen molar-refractivity contribution in [1.82, 2.24) is 9.55 Å². The zero-order chi connectivity index (χ0) is 12.4. The van der Waals surface area contributed by atoms with Crippen molar-refractivity contribution in [1.29, 1.82) is 0 Å². The zero-order valence-corrected chi connectivity index (χ0v) is 10.3. The molecule has 0 aliphatic rings. The number of aromatic nitrogens is 2. The first-order valence-corrected chi connectivity index (χ1v) is 5.70. The second kappa shape index (κ2) is 4.53. The lowest BCUT2D eigenvalue weighted by Crippen LogP contribution is -1.94. The lowest BCUT2D eigenvalue weighted by Gasteiger charge is -2.06. The van der Waals surface area contributed by atoms with Gasteiger partial charge in [0.25, 0.3) is 0 Å². The van der Waals surface area contributed by atoms with Gasteiger partial charge in [-0.1, -0.05) is 38.1 Å². The highest BCUT2D eigenvalue weighted by Gasteiger charge is 2.10. The Kier molecular flexibility index (Phi) is 3.09. The van der Waals surface area contributed by atoms with Gasteiger partial charge in [0.2, 0.25) is 0 Å². The Balaban J connectivity index is 2.43. The number of rotatable bonds is 3. The average molecular weight is 228 g/mol. The molecular formula is C14H16N2O. The summed E-state index contributed by atoms with van der Waals surface area (Å²) in [6, 6.07) is 8.21. The van der Waals surface area contributed by atoms with Crippen LogP contribution in [0.15, 0.2) is 30.6 Å². The predicted octanol–water partition coefficient (Wildman–Crippen LogP) is 3.02. The van der Waals surface area contributed by atoms with Crippen LogP contribution in [0, 0.1) is 0 Å². The minimum atomic E-state index is 0.512. The van der Waals surface area contributed by atoms with Crippen LogP contribution >= 0.6 is 0 Å². The number of hydrogen-bond donors (Lipinski definition) is 0. The van der Waals surface area contributed by atoms with E-state index in [1.807, 2.05) is 19.2 Å². The van der Waals surface area contributed by atoms with Crippen LogP contribution in [0.3, 0.4) is 0 Å². The van der Waals surface area contributed by atoms with Gasteiger partial charge in [-0.3, -0.25) is 4.79 Å². The van der Waals surface area contributed by atoms with Gasteiger partial charge in [0.05, 0.1) is 12.0 Å². The van der Waals surface area contributed by atoms with Gasteiger partial charge < -0.3 is 4.57 Å². The van der Waals surface area contributed by atoms with Crippen LogP contribution in [-0.2, 0) is 7.05 Å². The van der Waals surface area contributed by atoms with Gasteiger partial charge in [-0.25, -0.2) is 4.98 Å². The van der Waals surface area contributed by atoms with E-state index < -0.39 is 0 Å². The molecule has 0 amide bonds. The van der Waals surface area contributed by atoms with Gasteiger partial charge in [0, 0.05) is 12.6 Å². The smallest absolute Gasteiger partial charge is 0.168 e. The van der Waals surface area contributed by atoms with E-state index in [4.69, 9.17) is 0 Å². The van der Waals surface area contributed by atoms with Crippen molar-refractivity contribution in [2.45, 2.75) is 19.8 Å². The van der Waals surface area contributed by atoms with E-state index in [1.165, 1.54) is 5.56 Å². The number of benzene rings is 1. The van der Waals surface area contributed by atoms with E-state index in [9.17, 15) is 4.79 Å². The van der Waals surface area contributed by atoms with Gasteiger partial charge in [-0.15, -0.1) is 0 Å². The maximum absolute atomic E-state index is 11.0. The molecular weight excluding hydrogens is 212 g/mol. The average Bonchev–Trinajstić information content (AvgIpc) is 2.70. The summed E-state index contributed by atoms with van der Waals surface area (Å²) < 4.78 is 1.73. The van der Waals surface area contributed by atoms with Gasteiger partial charge in [0.15, 0.2) is 6.29 Å². The maximum Gasteiger partial charge on any atom is 0.168 e. The molecule has 2 rings (SSSR count). The third kappa shape index (κ3) is 2.13. The third-order valence-corrected chi connectivity index (χ3v) is 2.95. The fourth-order valence-electron chi connectivity index (χ4n) is 1.83. The largest absolute Gasteiger partial charge is 0.331 e. The minimum absolute atomic E-state index is 0.512. The Morgan fingerprint density at radius 3 is 2.41 bits per heavy atom. The van der Waals surface area contributed by atoms with Crippen LogP contribution in [0.4, 0.5) is 0 Å². The molecule has 0 aliphatic heterocycles.